The third kappa shape index (κ3) is 6.04. The highest BCUT2D eigenvalue weighted by molar-refractivity contribution is 6.31. The second kappa shape index (κ2) is 7.78. The maximum atomic E-state index is 12.1. The molecule has 118 valence electrons. The maximum Gasteiger partial charge on any atom is 0.238 e. The first-order valence-electron chi connectivity index (χ1n) is 7.26. The van der Waals surface area contributed by atoms with Crippen LogP contribution in [0.3, 0.4) is 0 Å². The van der Waals surface area contributed by atoms with Crippen LogP contribution >= 0.6 is 11.6 Å². The Morgan fingerprint density at radius 2 is 2.10 bits per heavy atom. The summed E-state index contributed by atoms with van der Waals surface area (Å²) < 4.78 is 0. The molecule has 0 bridgehead atoms. The number of amides is 1. The van der Waals surface area contributed by atoms with Crippen molar-refractivity contribution in [3.63, 3.8) is 0 Å². The van der Waals surface area contributed by atoms with Crippen molar-refractivity contribution in [3.05, 3.63) is 28.8 Å². The number of hydrogen-bond donors (Lipinski definition) is 2. The van der Waals surface area contributed by atoms with Gasteiger partial charge >= 0.3 is 0 Å². The molecule has 0 heterocycles. The molecule has 0 aliphatic heterocycles. The van der Waals surface area contributed by atoms with Gasteiger partial charge in [-0.25, -0.2) is 0 Å². The molecule has 0 aliphatic rings. The number of carbonyl (C=O) groups excluding carboxylic acids is 1. The molecule has 1 aromatic carbocycles. The minimum Gasteiger partial charge on any atom is -0.330 e. The van der Waals surface area contributed by atoms with Crippen LogP contribution in [-0.4, -0.2) is 37.0 Å². The molecule has 0 atom stereocenters. The lowest BCUT2D eigenvalue weighted by molar-refractivity contribution is -0.117. The number of nitrogens with one attached hydrogen (secondary N) is 1. The largest absolute Gasteiger partial charge is 0.330 e. The molecular formula is C16H26ClN3O. The Labute approximate surface area is 132 Å². The lowest BCUT2D eigenvalue weighted by atomic mass is 9.93. The van der Waals surface area contributed by atoms with Crippen molar-refractivity contribution < 1.29 is 4.79 Å². The van der Waals surface area contributed by atoms with Crippen molar-refractivity contribution in [3.8, 4) is 0 Å². The normalized spacial score (nSPS) is 11.8. The van der Waals surface area contributed by atoms with Crippen LogP contribution in [0.5, 0.6) is 0 Å². The molecule has 21 heavy (non-hydrogen) atoms. The Morgan fingerprint density at radius 3 is 2.62 bits per heavy atom. The summed E-state index contributed by atoms with van der Waals surface area (Å²) in [5.41, 5.74) is 7.48. The number of aryl methyl sites for hydroxylation is 1. The van der Waals surface area contributed by atoms with Crippen LogP contribution in [-0.2, 0) is 4.79 Å². The van der Waals surface area contributed by atoms with E-state index in [0.717, 1.165) is 24.3 Å². The van der Waals surface area contributed by atoms with E-state index in [9.17, 15) is 4.79 Å². The van der Waals surface area contributed by atoms with Crippen molar-refractivity contribution in [2.75, 3.05) is 31.5 Å². The van der Waals surface area contributed by atoms with E-state index in [2.05, 4.69) is 24.1 Å². The van der Waals surface area contributed by atoms with E-state index < -0.39 is 0 Å². The van der Waals surface area contributed by atoms with Gasteiger partial charge in [0.05, 0.1) is 6.54 Å². The summed E-state index contributed by atoms with van der Waals surface area (Å²) in [6.45, 7) is 10.7. The molecule has 0 aliphatic carbocycles. The highest BCUT2D eigenvalue weighted by Gasteiger charge is 2.20. The van der Waals surface area contributed by atoms with Crippen molar-refractivity contribution in [1.82, 2.24) is 4.90 Å². The van der Waals surface area contributed by atoms with Crippen molar-refractivity contribution >= 4 is 23.2 Å². The van der Waals surface area contributed by atoms with Crippen LogP contribution in [0.4, 0.5) is 5.69 Å². The number of benzene rings is 1. The average Bonchev–Trinajstić information content (AvgIpc) is 2.42. The minimum absolute atomic E-state index is 0.00343. The lowest BCUT2D eigenvalue weighted by Crippen LogP contribution is -2.42. The fourth-order valence-corrected chi connectivity index (χ4v) is 2.20. The molecule has 0 fully saturated rings. The maximum absolute atomic E-state index is 12.1. The fourth-order valence-electron chi connectivity index (χ4n) is 2.02. The molecule has 0 spiro atoms. The third-order valence-corrected chi connectivity index (χ3v) is 3.88. The summed E-state index contributed by atoms with van der Waals surface area (Å²) >= 11 is 6.06. The highest BCUT2D eigenvalue weighted by atomic mass is 35.5. The SMILES string of the molecule is CCN(CC(=O)Nc1ccc(C)c(Cl)c1)CC(C)(C)CN. The first-order chi connectivity index (χ1) is 9.77. The van der Waals surface area contributed by atoms with E-state index in [0.29, 0.717) is 18.1 Å². The first kappa shape index (κ1) is 18.0. The predicted molar refractivity (Wildman–Crippen MR) is 89.8 cm³/mol. The number of carbonyl (C=O) groups is 1. The van der Waals surface area contributed by atoms with Crippen LogP contribution in [0.2, 0.25) is 5.02 Å². The zero-order chi connectivity index (χ0) is 16.0. The molecule has 4 nitrogen and oxygen atoms in total. The van der Waals surface area contributed by atoms with E-state index in [4.69, 9.17) is 17.3 Å². The van der Waals surface area contributed by atoms with E-state index in [1.807, 2.05) is 26.0 Å². The topological polar surface area (TPSA) is 58.4 Å². The number of likely N-dealkylation sites (N-methyl/N-ethyl adjacent to an activating group) is 1. The molecule has 0 saturated carbocycles. The van der Waals surface area contributed by atoms with Gasteiger partial charge in [0.15, 0.2) is 0 Å². The van der Waals surface area contributed by atoms with Gasteiger partial charge in [-0.3, -0.25) is 9.69 Å². The smallest absolute Gasteiger partial charge is 0.238 e. The van der Waals surface area contributed by atoms with Crippen LogP contribution in [0.1, 0.15) is 26.3 Å². The van der Waals surface area contributed by atoms with Gasteiger partial charge in [0.2, 0.25) is 5.91 Å². The van der Waals surface area contributed by atoms with Gasteiger partial charge in [-0.15, -0.1) is 0 Å². The van der Waals surface area contributed by atoms with Gasteiger partial charge < -0.3 is 11.1 Å². The summed E-state index contributed by atoms with van der Waals surface area (Å²) in [7, 11) is 0. The van der Waals surface area contributed by atoms with Crippen LogP contribution in [0.25, 0.3) is 0 Å². The zero-order valence-corrected chi connectivity index (χ0v) is 14.1. The zero-order valence-electron chi connectivity index (χ0n) is 13.4. The summed E-state index contributed by atoms with van der Waals surface area (Å²) in [4.78, 5) is 14.2. The summed E-state index contributed by atoms with van der Waals surface area (Å²) in [5.74, 6) is -0.0374. The van der Waals surface area contributed by atoms with E-state index in [-0.39, 0.29) is 11.3 Å². The van der Waals surface area contributed by atoms with Crippen LogP contribution in [0, 0.1) is 12.3 Å². The molecule has 0 saturated heterocycles. The molecule has 0 unspecified atom stereocenters. The Kier molecular flexibility index (Phi) is 6.65. The highest BCUT2D eigenvalue weighted by Crippen LogP contribution is 2.20. The average molecular weight is 312 g/mol. The quantitative estimate of drug-likeness (QED) is 0.814. The second-order valence-electron chi connectivity index (χ2n) is 6.18. The summed E-state index contributed by atoms with van der Waals surface area (Å²) in [6.07, 6.45) is 0. The van der Waals surface area contributed by atoms with Gasteiger partial charge in [-0.05, 0) is 43.1 Å². The molecule has 1 aromatic rings. The fraction of sp³-hybridized carbons (Fsp3) is 0.562. The number of anilines is 1. The van der Waals surface area contributed by atoms with Crippen LogP contribution in [0.15, 0.2) is 18.2 Å². The van der Waals surface area contributed by atoms with Gasteiger partial charge in [-0.2, -0.15) is 0 Å². The van der Waals surface area contributed by atoms with Crippen molar-refractivity contribution in [2.24, 2.45) is 11.1 Å². The summed E-state index contributed by atoms with van der Waals surface area (Å²) in [6, 6.07) is 5.53. The Morgan fingerprint density at radius 1 is 1.43 bits per heavy atom. The van der Waals surface area contributed by atoms with Gasteiger partial charge in [-0.1, -0.05) is 38.4 Å². The molecule has 0 radical (unpaired) electrons. The summed E-state index contributed by atoms with van der Waals surface area (Å²) in [5, 5.41) is 3.54. The Balaban J connectivity index is 2.60. The molecule has 3 N–H and O–H groups in total. The minimum atomic E-state index is -0.0374. The third-order valence-electron chi connectivity index (χ3n) is 3.47. The number of nitrogens with zero attached hydrogens (tertiary/aromatic N) is 1. The lowest BCUT2D eigenvalue weighted by Gasteiger charge is -2.30. The number of hydrogen-bond acceptors (Lipinski definition) is 3. The standard InChI is InChI=1S/C16H26ClN3O/c1-5-20(11-16(3,4)10-18)9-15(21)19-13-7-6-12(2)14(17)8-13/h6-8H,5,9-11,18H2,1-4H3,(H,19,21). The predicted octanol–water partition coefficient (Wildman–Crippen LogP) is 2.89. The molecule has 0 aromatic heterocycles. The number of rotatable bonds is 7. The van der Waals surface area contributed by atoms with Gasteiger partial charge in [0.25, 0.3) is 0 Å². The number of halogens is 1. The molecule has 1 amide bonds. The van der Waals surface area contributed by atoms with E-state index in [1.165, 1.54) is 0 Å². The van der Waals surface area contributed by atoms with Gasteiger partial charge in [0, 0.05) is 17.3 Å². The molecule has 1 rings (SSSR count). The molecular weight excluding hydrogens is 286 g/mol. The number of nitrogens with two attached hydrogens (primary N) is 1. The van der Waals surface area contributed by atoms with Crippen LogP contribution < -0.4 is 11.1 Å². The van der Waals surface area contributed by atoms with E-state index in [1.54, 1.807) is 6.07 Å². The Bertz CT molecular complexity index is 488. The first-order valence-corrected chi connectivity index (χ1v) is 7.63. The Hall–Kier alpha value is -1.10. The second-order valence-corrected chi connectivity index (χ2v) is 6.59. The monoisotopic (exact) mass is 311 g/mol. The molecule has 5 heteroatoms. The van der Waals surface area contributed by atoms with Crippen molar-refractivity contribution in [1.29, 1.82) is 0 Å². The van der Waals surface area contributed by atoms with E-state index >= 15 is 0 Å². The van der Waals surface area contributed by atoms with Gasteiger partial charge in [0.1, 0.15) is 0 Å². The van der Waals surface area contributed by atoms with Crippen molar-refractivity contribution in [2.45, 2.75) is 27.7 Å².